The summed E-state index contributed by atoms with van der Waals surface area (Å²) in [4.78, 5) is 19.3. The van der Waals surface area contributed by atoms with Gasteiger partial charge in [0.1, 0.15) is 12.4 Å². The van der Waals surface area contributed by atoms with Gasteiger partial charge in [-0.2, -0.15) is 5.10 Å². The highest BCUT2D eigenvalue weighted by molar-refractivity contribution is 7.10. The van der Waals surface area contributed by atoms with E-state index in [4.69, 9.17) is 4.74 Å². The summed E-state index contributed by atoms with van der Waals surface area (Å²) in [5, 5.41) is 10.4. The van der Waals surface area contributed by atoms with E-state index in [1.807, 2.05) is 41.4 Å². The number of ether oxygens (including phenoxy) is 1. The van der Waals surface area contributed by atoms with Crippen molar-refractivity contribution < 1.29 is 9.53 Å². The van der Waals surface area contributed by atoms with Crippen LogP contribution in [-0.4, -0.2) is 45.6 Å². The van der Waals surface area contributed by atoms with Gasteiger partial charge in [0, 0.05) is 42.0 Å². The molecule has 2 aliphatic heterocycles. The second-order valence-corrected chi connectivity index (χ2v) is 9.97. The zero-order valence-electron chi connectivity index (χ0n) is 18.6. The molecule has 2 aromatic carbocycles. The van der Waals surface area contributed by atoms with Gasteiger partial charge in [0.15, 0.2) is 5.69 Å². The first-order valence-corrected chi connectivity index (χ1v) is 12.3. The van der Waals surface area contributed by atoms with Gasteiger partial charge in [-0.25, -0.2) is 0 Å². The third-order valence-corrected chi connectivity index (χ3v) is 7.63. The van der Waals surface area contributed by atoms with Gasteiger partial charge in [0.25, 0.3) is 5.91 Å². The van der Waals surface area contributed by atoms with Crippen LogP contribution in [0.1, 0.15) is 37.6 Å². The van der Waals surface area contributed by atoms with Crippen LogP contribution in [0.15, 0.2) is 47.8 Å². The Labute approximate surface area is 196 Å². The lowest BCUT2D eigenvalue weighted by atomic mass is 10.1. The first-order chi connectivity index (χ1) is 16.1. The van der Waals surface area contributed by atoms with Crippen LogP contribution in [0.5, 0.6) is 5.75 Å². The van der Waals surface area contributed by atoms with Crippen LogP contribution in [0.2, 0.25) is 0 Å². The van der Waals surface area contributed by atoms with E-state index in [1.165, 1.54) is 16.0 Å². The van der Waals surface area contributed by atoms with Crippen molar-refractivity contribution in [2.75, 3.05) is 19.7 Å². The van der Waals surface area contributed by atoms with Crippen LogP contribution in [0.4, 0.5) is 0 Å². The highest BCUT2D eigenvalue weighted by atomic mass is 32.1. The third-order valence-electron chi connectivity index (χ3n) is 6.61. The zero-order valence-corrected chi connectivity index (χ0v) is 19.5. The van der Waals surface area contributed by atoms with Crippen molar-refractivity contribution in [1.82, 2.24) is 20.0 Å². The van der Waals surface area contributed by atoms with E-state index in [-0.39, 0.29) is 5.91 Å². The molecule has 0 aliphatic carbocycles. The van der Waals surface area contributed by atoms with Gasteiger partial charge < -0.3 is 9.64 Å². The molecule has 0 bridgehead atoms. The van der Waals surface area contributed by atoms with Crippen molar-refractivity contribution in [2.24, 2.45) is 0 Å². The number of benzene rings is 2. The Balaban J connectivity index is 1.23. The molecule has 7 heteroatoms. The predicted octanol–water partition coefficient (Wildman–Crippen LogP) is 4.53. The summed E-state index contributed by atoms with van der Waals surface area (Å²) < 4.78 is 6.00. The largest absolute Gasteiger partial charge is 0.491 e. The van der Waals surface area contributed by atoms with Gasteiger partial charge in [-0.3, -0.25) is 14.8 Å². The lowest BCUT2D eigenvalue weighted by Crippen LogP contribution is -2.33. The predicted molar refractivity (Wildman–Crippen MR) is 130 cm³/mol. The van der Waals surface area contributed by atoms with Crippen LogP contribution in [0, 0.1) is 6.92 Å². The molecule has 0 spiro atoms. The lowest BCUT2D eigenvalue weighted by molar-refractivity contribution is 0.0729. The fourth-order valence-electron chi connectivity index (χ4n) is 4.86. The molecule has 0 radical (unpaired) electrons. The Kier molecular flexibility index (Phi) is 5.15. The number of hydrogen-bond acceptors (Lipinski definition) is 5. The van der Waals surface area contributed by atoms with E-state index in [1.54, 1.807) is 0 Å². The first kappa shape index (κ1) is 20.4. The maximum Gasteiger partial charge on any atom is 0.275 e. The molecule has 6 rings (SSSR count). The summed E-state index contributed by atoms with van der Waals surface area (Å²) in [7, 11) is 0. The number of carbonyl (C=O) groups is 1. The lowest BCUT2D eigenvalue weighted by Gasteiger charge is -2.27. The Bertz CT molecular complexity index is 1340. The van der Waals surface area contributed by atoms with Crippen molar-refractivity contribution in [2.45, 2.75) is 33.0 Å². The molecule has 33 heavy (non-hydrogen) atoms. The minimum Gasteiger partial charge on any atom is -0.491 e. The normalized spacial score (nSPS) is 16.2. The number of H-pyrrole nitrogens is 1. The maximum absolute atomic E-state index is 13.4. The summed E-state index contributed by atoms with van der Waals surface area (Å²) >= 11 is 1.87. The minimum atomic E-state index is -0.0604. The molecule has 0 saturated heterocycles. The molecule has 1 amide bonds. The van der Waals surface area contributed by atoms with Gasteiger partial charge in [-0.05, 0) is 60.2 Å². The second-order valence-electron chi connectivity index (χ2n) is 8.97. The Morgan fingerprint density at radius 1 is 1.12 bits per heavy atom. The molecule has 0 saturated carbocycles. The molecule has 0 atom stereocenters. The number of rotatable bonds is 3. The van der Waals surface area contributed by atoms with E-state index >= 15 is 0 Å². The molecule has 0 unspecified atom stereocenters. The van der Waals surface area contributed by atoms with Gasteiger partial charge >= 0.3 is 0 Å². The van der Waals surface area contributed by atoms with E-state index < -0.39 is 0 Å². The van der Waals surface area contributed by atoms with E-state index in [2.05, 4.69) is 44.7 Å². The van der Waals surface area contributed by atoms with Gasteiger partial charge in [-0.15, -0.1) is 11.3 Å². The average Bonchev–Trinajstić information content (AvgIpc) is 3.39. The van der Waals surface area contributed by atoms with Gasteiger partial charge in [0.05, 0.1) is 12.1 Å². The fraction of sp³-hybridized carbons (Fsp3) is 0.308. The molecule has 168 valence electrons. The van der Waals surface area contributed by atoms with Gasteiger partial charge in [-0.1, -0.05) is 17.7 Å². The number of amides is 1. The van der Waals surface area contributed by atoms with E-state index in [0.29, 0.717) is 25.4 Å². The van der Waals surface area contributed by atoms with Crippen molar-refractivity contribution >= 4 is 28.1 Å². The summed E-state index contributed by atoms with van der Waals surface area (Å²) in [6, 6.07) is 14.7. The SMILES string of the molecule is Cc1ccc2[nH]nc(C(=O)N3CCOc4ccc(CN5CCc6sccc6C5)cc4C3)c2c1. The summed E-state index contributed by atoms with van der Waals surface area (Å²) in [6.45, 7) is 6.55. The number of hydrogen-bond donors (Lipinski definition) is 1. The highest BCUT2D eigenvalue weighted by Gasteiger charge is 2.25. The molecule has 0 fully saturated rings. The molecule has 4 heterocycles. The zero-order chi connectivity index (χ0) is 22.4. The standard InChI is InChI=1S/C26H26N4O2S/c1-17-2-4-22-21(12-17)25(28-27-22)26(31)30-9-10-32-23-5-3-18(13-20(23)16-30)14-29-8-6-24-19(15-29)7-11-33-24/h2-5,7,11-13H,6,8-10,14-16H2,1H3,(H,27,28). The number of carbonyl (C=O) groups excluding carboxylic acids is 1. The number of aryl methyl sites for hydroxylation is 1. The van der Waals surface area contributed by atoms with Crippen molar-refractivity contribution in [3.63, 3.8) is 0 Å². The number of thiophene rings is 1. The summed E-state index contributed by atoms with van der Waals surface area (Å²) in [6.07, 6.45) is 1.13. The monoisotopic (exact) mass is 458 g/mol. The van der Waals surface area contributed by atoms with Crippen molar-refractivity contribution in [1.29, 1.82) is 0 Å². The maximum atomic E-state index is 13.4. The fourth-order valence-corrected chi connectivity index (χ4v) is 5.75. The van der Waals surface area contributed by atoms with Crippen LogP contribution in [0.3, 0.4) is 0 Å². The molecular weight excluding hydrogens is 432 g/mol. The molecular formula is C26H26N4O2S. The molecule has 1 N–H and O–H groups in total. The molecule has 2 aliphatic rings. The van der Waals surface area contributed by atoms with Crippen LogP contribution >= 0.6 is 11.3 Å². The van der Waals surface area contributed by atoms with Crippen molar-refractivity contribution in [3.05, 3.63) is 80.7 Å². The second kappa shape index (κ2) is 8.32. The number of fused-ring (bicyclic) bond motifs is 3. The topological polar surface area (TPSA) is 61.5 Å². The summed E-state index contributed by atoms with van der Waals surface area (Å²) in [5.41, 5.74) is 6.25. The number of nitrogens with zero attached hydrogens (tertiary/aromatic N) is 3. The average molecular weight is 459 g/mol. The van der Waals surface area contributed by atoms with Crippen LogP contribution in [0.25, 0.3) is 10.9 Å². The smallest absolute Gasteiger partial charge is 0.275 e. The highest BCUT2D eigenvalue weighted by Crippen LogP contribution is 2.29. The van der Waals surface area contributed by atoms with Crippen molar-refractivity contribution in [3.8, 4) is 5.75 Å². The Hall–Kier alpha value is -3.16. The molecule has 4 aromatic rings. The molecule has 2 aromatic heterocycles. The van der Waals surface area contributed by atoms with E-state index in [9.17, 15) is 4.79 Å². The third kappa shape index (κ3) is 3.92. The van der Waals surface area contributed by atoms with E-state index in [0.717, 1.165) is 53.8 Å². The number of aromatic nitrogens is 2. The quantitative estimate of drug-likeness (QED) is 0.490. The minimum absolute atomic E-state index is 0.0604. The molecule has 6 nitrogen and oxygen atoms in total. The Morgan fingerprint density at radius 2 is 2.06 bits per heavy atom. The first-order valence-electron chi connectivity index (χ1n) is 11.4. The number of aromatic amines is 1. The van der Waals surface area contributed by atoms with Gasteiger partial charge in [0.2, 0.25) is 0 Å². The summed E-state index contributed by atoms with van der Waals surface area (Å²) in [5.74, 6) is 0.810. The van der Waals surface area contributed by atoms with Crippen LogP contribution < -0.4 is 4.74 Å². The van der Waals surface area contributed by atoms with Crippen LogP contribution in [-0.2, 0) is 26.1 Å². The Morgan fingerprint density at radius 3 is 3.00 bits per heavy atom. The number of nitrogens with one attached hydrogen (secondary N) is 1.